The molecule has 8 nitrogen and oxygen atoms in total. The summed E-state index contributed by atoms with van der Waals surface area (Å²) in [6.07, 6.45) is 0.137. The van der Waals surface area contributed by atoms with Gasteiger partial charge in [0.25, 0.3) is 0 Å². The molecule has 0 aromatic heterocycles. The molecule has 0 aliphatic carbocycles. The lowest BCUT2D eigenvalue weighted by Crippen LogP contribution is -2.49. The normalized spacial score (nSPS) is 18.9. The van der Waals surface area contributed by atoms with Crippen LogP contribution in [0.2, 0.25) is 0 Å². The highest BCUT2D eigenvalue weighted by Crippen LogP contribution is 2.32. The minimum Gasteiger partial charge on any atom is -0.497 e. The predicted molar refractivity (Wildman–Crippen MR) is 115 cm³/mol. The van der Waals surface area contributed by atoms with Gasteiger partial charge in [-0.1, -0.05) is 6.07 Å². The molecule has 2 aromatic rings. The van der Waals surface area contributed by atoms with Crippen molar-refractivity contribution in [1.29, 1.82) is 0 Å². The fraction of sp³-hybridized carbons (Fsp3) is 0.455. The summed E-state index contributed by atoms with van der Waals surface area (Å²) in [7, 11) is -2.00. The second kappa shape index (κ2) is 9.44. The Hall–Kier alpha value is -2.33. The molecular weight excluding hydrogens is 420 g/mol. The molecule has 1 saturated heterocycles. The summed E-state index contributed by atoms with van der Waals surface area (Å²) in [6, 6.07) is 11.9. The zero-order valence-electron chi connectivity index (χ0n) is 17.6. The molecule has 2 aromatic carbocycles. The molecule has 0 bridgehead atoms. The third-order valence-electron chi connectivity index (χ3n) is 5.62. The average molecular weight is 449 g/mol. The molecule has 0 spiro atoms. The summed E-state index contributed by atoms with van der Waals surface area (Å²) < 4.78 is 43.7. The number of sulfonamides is 1. The van der Waals surface area contributed by atoms with Crippen molar-refractivity contribution in [2.45, 2.75) is 17.4 Å². The van der Waals surface area contributed by atoms with Crippen molar-refractivity contribution in [3.05, 3.63) is 48.0 Å². The lowest BCUT2D eigenvalue weighted by atomic mass is 10.1. The average Bonchev–Trinajstić information content (AvgIpc) is 3.04. The van der Waals surface area contributed by atoms with Crippen LogP contribution < -0.4 is 14.2 Å². The van der Waals surface area contributed by atoms with Crippen LogP contribution in [0.3, 0.4) is 0 Å². The van der Waals surface area contributed by atoms with Gasteiger partial charge in [0.1, 0.15) is 5.75 Å². The first-order valence-corrected chi connectivity index (χ1v) is 11.9. The fourth-order valence-corrected chi connectivity index (χ4v) is 5.21. The van der Waals surface area contributed by atoms with Crippen LogP contribution in [-0.4, -0.2) is 75.8 Å². The number of hydrogen-bond donors (Lipinski definition) is 1. The summed E-state index contributed by atoms with van der Waals surface area (Å²) in [5, 5.41) is 10.7. The number of methoxy groups -OCH3 is 1. The van der Waals surface area contributed by atoms with Gasteiger partial charge >= 0.3 is 0 Å². The first kappa shape index (κ1) is 21.9. The summed E-state index contributed by atoms with van der Waals surface area (Å²) in [5.41, 5.74) is 0.762. The molecule has 0 amide bonds. The molecule has 1 unspecified atom stereocenters. The molecule has 1 N–H and O–H groups in total. The molecule has 0 radical (unpaired) electrons. The fourth-order valence-electron chi connectivity index (χ4n) is 3.79. The van der Waals surface area contributed by atoms with Crippen molar-refractivity contribution in [1.82, 2.24) is 9.21 Å². The standard InChI is InChI=1S/C22H28N2O6S/c1-28-18-4-6-19(7-5-18)31(26,27)24-11-9-23(10-12-24)16-20(25)17-3-8-21-22(15-17)30-14-2-13-29-21/h3-8,15,20,25H,2,9-14,16H2,1H3. The second-order valence-electron chi connectivity index (χ2n) is 7.65. The largest absolute Gasteiger partial charge is 0.497 e. The number of fused-ring (bicyclic) bond motifs is 1. The summed E-state index contributed by atoms with van der Waals surface area (Å²) >= 11 is 0. The number of ether oxygens (including phenoxy) is 3. The van der Waals surface area contributed by atoms with Crippen molar-refractivity contribution in [3.8, 4) is 17.2 Å². The van der Waals surface area contributed by atoms with Crippen LogP contribution in [0.5, 0.6) is 17.2 Å². The molecule has 1 atom stereocenters. The molecule has 9 heteroatoms. The van der Waals surface area contributed by atoms with Crippen LogP contribution in [0, 0.1) is 0 Å². The van der Waals surface area contributed by atoms with Gasteiger partial charge in [-0.3, -0.25) is 4.90 Å². The van der Waals surface area contributed by atoms with Crippen LogP contribution >= 0.6 is 0 Å². The number of rotatable bonds is 6. The maximum absolute atomic E-state index is 12.9. The Labute approximate surface area is 183 Å². The van der Waals surface area contributed by atoms with E-state index in [-0.39, 0.29) is 4.90 Å². The molecule has 168 valence electrons. The Balaban J connectivity index is 1.35. The molecule has 2 aliphatic heterocycles. The van der Waals surface area contributed by atoms with Crippen LogP contribution in [0.1, 0.15) is 18.1 Å². The summed E-state index contributed by atoms with van der Waals surface area (Å²) in [5.74, 6) is 1.97. The van der Waals surface area contributed by atoms with Gasteiger partial charge in [-0.05, 0) is 42.0 Å². The van der Waals surface area contributed by atoms with Gasteiger partial charge < -0.3 is 19.3 Å². The topological polar surface area (TPSA) is 88.5 Å². The predicted octanol–water partition coefficient (Wildman–Crippen LogP) is 1.90. The number of benzene rings is 2. The van der Waals surface area contributed by atoms with Gasteiger partial charge in [-0.25, -0.2) is 8.42 Å². The van der Waals surface area contributed by atoms with Gasteiger partial charge in [-0.15, -0.1) is 0 Å². The quantitative estimate of drug-likeness (QED) is 0.722. The van der Waals surface area contributed by atoms with E-state index in [2.05, 4.69) is 4.90 Å². The maximum Gasteiger partial charge on any atom is 0.243 e. The van der Waals surface area contributed by atoms with Crippen molar-refractivity contribution in [3.63, 3.8) is 0 Å². The molecular formula is C22H28N2O6S. The van der Waals surface area contributed by atoms with E-state index < -0.39 is 16.1 Å². The van der Waals surface area contributed by atoms with Gasteiger partial charge in [-0.2, -0.15) is 4.31 Å². The van der Waals surface area contributed by atoms with Crippen molar-refractivity contribution in [2.24, 2.45) is 0 Å². The Morgan fingerprint density at radius 2 is 1.68 bits per heavy atom. The third kappa shape index (κ3) is 4.95. The SMILES string of the molecule is COc1ccc(S(=O)(=O)N2CCN(CC(O)c3ccc4c(c3)OCCCO4)CC2)cc1. The molecule has 0 saturated carbocycles. The molecule has 1 fully saturated rings. The van der Waals surface area contributed by atoms with Crippen LogP contribution in [0.15, 0.2) is 47.4 Å². The van der Waals surface area contributed by atoms with E-state index in [1.807, 2.05) is 18.2 Å². The molecule has 2 aliphatic rings. The van der Waals surface area contributed by atoms with E-state index in [4.69, 9.17) is 14.2 Å². The zero-order valence-corrected chi connectivity index (χ0v) is 18.4. The highest BCUT2D eigenvalue weighted by Gasteiger charge is 2.29. The lowest BCUT2D eigenvalue weighted by Gasteiger charge is -2.35. The number of hydrogen-bond acceptors (Lipinski definition) is 7. The van der Waals surface area contributed by atoms with E-state index >= 15 is 0 Å². The van der Waals surface area contributed by atoms with Gasteiger partial charge in [0, 0.05) is 39.1 Å². The van der Waals surface area contributed by atoms with Crippen LogP contribution in [0.4, 0.5) is 0 Å². The third-order valence-corrected chi connectivity index (χ3v) is 7.53. The first-order valence-electron chi connectivity index (χ1n) is 10.4. The molecule has 31 heavy (non-hydrogen) atoms. The van der Waals surface area contributed by atoms with Gasteiger partial charge in [0.2, 0.25) is 10.0 Å². The molecule has 4 rings (SSSR count). The minimum atomic E-state index is -3.55. The number of aliphatic hydroxyl groups is 1. The van der Waals surface area contributed by atoms with Gasteiger partial charge in [0.15, 0.2) is 11.5 Å². The van der Waals surface area contributed by atoms with Crippen LogP contribution in [-0.2, 0) is 10.0 Å². The van der Waals surface area contributed by atoms with E-state index in [0.717, 1.165) is 12.0 Å². The Bertz CT molecular complexity index is 988. The summed E-state index contributed by atoms with van der Waals surface area (Å²) in [6.45, 7) is 3.50. The van der Waals surface area contributed by atoms with Gasteiger partial charge in [0.05, 0.1) is 31.3 Å². The first-order chi connectivity index (χ1) is 15.0. The Kier molecular flexibility index (Phi) is 6.66. The number of nitrogens with zero attached hydrogens (tertiary/aromatic N) is 2. The summed E-state index contributed by atoms with van der Waals surface area (Å²) in [4.78, 5) is 2.34. The second-order valence-corrected chi connectivity index (χ2v) is 9.59. The van der Waals surface area contributed by atoms with Crippen molar-refractivity contribution >= 4 is 10.0 Å². The van der Waals surface area contributed by atoms with Crippen LogP contribution in [0.25, 0.3) is 0 Å². The highest BCUT2D eigenvalue weighted by atomic mass is 32.2. The smallest absolute Gasteiger partial charge is 0.243 e. The lowest BCUT2D eigenvalue weighted by molar-refractivity contribution is 0.0919. The van der Waals surface area contributed by atoms with Crippen molar-refractivity contribution < 1.29 is 27.7 Å². The zero-order chi connectivity index (χ0) is 21.8. The Morgan fingerprint density at radius 3 is 2.35 bits per heavy atom. The monoisotopic (exact) mass is 448 g/mol. The van der Waals surface area contributed by atoms with E-state index in [0.29, 0.717) is 63.2 Å². The Morgan fingerprint density at radius 1 is 1.00 bits per heavy atom. The molecule has 2 heterocycles. The number of β-amino-alcohol motifs (C(OH)–C–C–N with tert-alkyl or cyclic N) is 1. The number of piperazine rings is 1. The number of aliphatic hydroxyl groups excluding tert-OH is 1. The highest BCUT2D eigenvalue weighted by molar-refractivity contribution is 7.89. The van der Waals surface area contributed by atoms with Crippen molar-refractivity contribution in [2.75, 3.05) is 53.0 Å². The van der Waals surface area contributed by atoms with E-state index in [9.17, 15) is 13.5 Å². The minimum absolute atomic E-state index is 0.258. The van der Waals surface area contributed by atoms with E-state index in [1.165, 1.54) is 4.31 Å². The van der Waals surface area contributed by atoms with E-state index in [1.54, 1.807) is 31.4 Å². The maximum atomic E-state index is 12.9.